The number of carbonyl (C=O) groups is 2. The lowest BCUT2D eigenvalue weighted by Crippen LogP contribution is -2.20. The molecule has 0 aliphatic rings. The normalized spacial score (nSPS) is 11.7. The lowest BCUT2D eigenvalue weighted by Gasteiger charge is -2.10. The van der Waals surface area contributed by atoms with E-state index in [1.54, 1.807) is 0 Å². The summed E-state index contributed by atoms with van der Waals surface area (Å²) in [6, 6.07) is 9.85. The molecule has 0 amide bonds. The smallest absolute Gasteiger partial charge is 0.360 e. The number of aliphatic carboxylic acids is 1. The van der Waals surface area contributed by atoms with Crippen molar-refractivity contribution in [1.82, 2.24) is 0 Å². The minimum atomic E-state index is -1.55. The van der Waals surface area contributed by atoms with Gasteiger partial charge in [-0.1, -0.05) is 23.2 Å². The average molecular weight is 341 g/mol. The minimum absolute atomic E-state index is 0.0493. The van der Waals surface area contributed by atoms with Crippen LogP contribution < -0.4 is 4.74 Å². The second-order valence-electron chi connectivity index (χ2n) is 4.29. The van der Waals surface area contributed by atoms with E-state index in [1.807, 2.05) is 0 Å². The zero-order valence-electron chi connectivity index (χ0n) is 11.0. The van der Waals surface area contributed by atoms with Gasteiger partial charge in [0.2, 0.25) is 0 Å². The molecule has 0 saturated heterocycles. The molecule has 2 aromatic carbocycles. The summed E-state index contributed by atoms with van der Waals surface area (Å²) < 4.78 is 4.95. The number of hydrogen-bond acceptors (Lipinski definition) is 4. The van der Waals surface area contributed by atoms with Crippen molar-refractivity contribution in [2.45, 2.75) is 5.56 Å². The maximum Gasteiger partial charge on any atom is 0.360 e. The third-order valence-electron chi connectivity index (χ3n) is 2.75. The Balaban J connectivity index is 2.24. The predicted octanol–water partition coefficient (Wildman–Crippen LogP) is 3.30. The van der Waals surface area contributed by atoms with E-state index in [2.05, 4.69) is 0 Å². The summed E-state index contributed by atoms with van der Waals surface area (Å²) in [5.74, 6) is -1.48. The fraction of sp³-hybridized carbons (Fsp3) is 0.0667. The van der Waals surface area contributed by atoms with Gasteiger partial charge in [-0.3, -0.25) is 4.79 Å². The number of ether oxygens (including phenoxy) is 1. The number of halogens is 2. The van der Waals surface area contributed by atoms with Crippen molar-refractivity contribution in [1.29, 1.82) is 0 Å². The van der Waals surface area contributed by atoms with Gasteiger partial charge < -0.3 is 14.9 Å². The standard InChI is InChI=1S/C15H10Cl2O5/c16-12-7-10(22-14(17)15(20)21)5-6-11(12)13(19)8-1-3-9(18)4-2-8/h1-7,14,18H,(H,20,21). The number of phenols is 1. The summed E-state index contributed by atoms with van der Waals surface area (Å²) in [5.41, 5.74) is -0.968. The maximum absolute atomic E-state index is 12.3. The molecule has 114 valence electrons. The number of benzene rings is 2. The highest BCUT2D eigenvalue weighted by Crippen LogP contribution is 2.26. The van der Waals surface area contributed by atoms with Crippen LogP contribution in [0.25, 0.3) is 0 Å². The van der Waals surface area contributed by atoms with Gasteiger partial charge in [-0.25, -0.2) is 4.79 Å². The summed E-state index contributed by atoms with van der Waals surface area (Å²) in [6.07, 6.45) is 0. The number of aromatic hydroxyl groups is 1. The lowest BCUT2D eigenvalue weighted by atomic mass is 10.0. The number of carboxylic acid groups (broad SMARTS) is 1. The molecule has 1 unspecified atom stereocenters. The summed E-state index contributed by atoms with van der Waals surface area (Å²) in [5, 5.41) is 18.0. The fourth-order valence-electron chi connectivity index (χ4n) is 1.69. The fourth-order valence-corrected chi connectivity index (χ4v) is 2.05. The van der Waals surface area contributed by atoms with Gasteiger partial charge in [-0.05, 0) is 42.5 Å². The lowest BCUT2D eigenvalue weighted by molar-refractivity contribution is -0.141. The van der Waals surface area contributed by atoms with Gasteiger partial charge in [-0.2, -0.15) is 0 Å². The number of alkyl halides is 1. The largest absolute Gasteiger partial charge is 0.508 e. The van der Waals surface area contributed by atoms with E-state index in [0.29, 0.717) is 5.56 Å². The molecule has 7 heteroatoms. The Labute approximate surface area is 135 Å². The van der Waals surface area contributed by atoms with Crippen LogP contribution in [0, 0.1) is 0 Å². The van der Waals surface area contributed by atoms with Crippen LogP contribution in [-0.4, -0.2) is 27.5 Å². The molecule has 0 aliphatic heterocycles. The number of carboxylic acids is 1. The Morgan fingerprint density at radius 1 is 1.09 bits per heavy atom. The zero-order valence-corrected chi connectivity index (χ0v) is 12.5. The quantitative estimate of drug-likeness (QED) is 0.644. The van der Waals surface area contributed by atoms with Crippen LogP contribution in [-0.2, 0) is 4.79 Å². The van der Waals surface area contributed by atoms with Crippen molar-refractivity contribution in [2.75, 3.05) is 0 Å². The van der Waals surface area contributed by atoms with Crippen molar-refractivity contribution in [3.63, 3.8) is 0 Å². The van der Waals surface area contributed by atoms with Crippen molar-refractivity contribution in [2.24, 2.45) is 0 Å². The summed E-state index contributed by atoms with van der Waals surface area (Å²) in [4.78, 5) is 22.9. The van der Waals surface area contributed by atoms with E-state index in [0.717, 1.165) is 0 Å². The Morgan fingerprint density at radius 3 is 2.27 bits per heavy atom. The third kappa shape index (κ3) is 3.69. The first-order valence-corrected chi connectivity index (χ1v) is 6.86. The van der Waals surface area contributed by atoms with E-state index in [1.165, 1.54) is 42.5 Å². The highest BCUT2D eigenvalue weighted by atomic mass is 35.5. The summed E-state index contributed by atoms with van der Waals surface area (Å²) in [6.45, 7) is 0. The van der Waals surface area contributed by atoms with Gasteiger partial charge in [0, 0.05) is 11.1 Å². The molecule has 0 saturated carbocycles. The monoisotopic (exact) mass is 340 g/mol. The van der Waals surface area contributed by atoms with Gasteiger partial charge in [0.05, 0.1) is 5.02 Å². The van der Waals surface area contributed by atoms with Gasteiger partial charge in [0.15, 0.2) is 5.78 Å². The van der Waals surface area contributed by atoms with E-state index in [9.17, 15) is 14.7 Å². The number of ketones is 1. The van der Waals surface area contributed by atoms with Crippen molar-refractivity contribution >= 4 is 35.0 Å². The van der Waals surface area contributed by atoms with Crippen LogP contribution >= 0.6 is 23.2 Å². The molecule has 0 bridgehead atoms. The predicted molar refractivity (Wildman–Crippen MR) is 80.9 cm³/mol. The Morgan fingerprint density at radius 2 is 1.73 bits per heavy atom. The first kappa shape index (κ1) is 16.1. The van der Waals surface area contributed by atoms with Gasteiger partial charge in [-0.15, -0.1) is 0 Å². The molecule has 1 atom stereocenters. The van der Waals surface area contributed by atoms with Crippen LogP contribution in [0.4, 0.5) is 0 Å². The van der Waals surface area contributed by atoms with Crippen molar-refractivity contribution < 1.29 is 24.5 Å². The molecular formula is C15H10Cl2O5. The molecule has 2 N–H and O–H groups in total. The number of hydrogen-bond donors (Lipinski definition) is 2. The number of rotatable bonds is 5. The van der Waals surface area contributed by atoms with Crippen molar-refractivity contribution in [3.8, 4) is 11.5 Å². The first-order valence-electron chi connectivity index (χ1n) is 6.05. The van der Waals surface area contributed by atoms with Crippen LogP contribution in [0.15, 0.2) is 42.5 Å². The second-order valence-corrected chi connectivity index (χ2v) is 5.09. The molecule has 0 spiro atoms. The third-order valence-corrected chi connectivity index (χ3v) is 3.34. The molecule has 0 fully saturated rings. The molecular weight excluding hydrogens is 331 g/mol. The van der Waals surface area contributed by atoms with E-state index >= 15 is 0 Å². The zero-order chi connectivity index (χ0) is 16.3. The second kappa shape index (κ2) is 6.68. The SMILES string of the molecule is O=C(c1ccc(O)cc1)c1ccc(OC(Cl)C(=O)O)cc1Cl. The van der Waals surface area contributed by atoms with Crippen LogP contribution in [0.3, 0.4) is 0 Å². The van der Waals surface area contributed by atoms with E-state index < -0.39 is 11.5 Å². The van der Waals surface area contributed by atoms with Gasteiger partial charge in [0.25, 0.3) is 5.56 Å². The molecule has 5 nitrogen and oxygen atoms in total. The Hall–Kier alpha value is -2.24. The van der Waals surface area contributed by atoms with Crippen molar-refractivity contribution in [3.05, 3.63) is 58.6 Å². The minimum Gasteiger partial charge on any atom is -0.508 e. The van der Waals surface area contributed by atoms with Crippen LogP contribution in [0.5, 0.6) is 11.5 Å². The van der Waals surface area contributed by atoms with E-state index in [-0.39, 0.29) is 27.9 Å². The molecule has 0 radical (unpaired) electrons. The average Bonchev–Trinajstić information content (AvgIpc) is 2.47. The Kier molecular flexibility index (Phi) is 4.90. The highest BCUT2D eigenvalue weighted by Gasteiger charge is 2.18. The number of phenolic OH excluding ortho intramolecular Hbond substituents is 1. The van der Waals surface area contributed by atoms with Crippen LogP contribution in [0.1, 0.15) is 15.9 Å². The molecule has 2 rings (SSSR count). The summed E-state index contributed by atoms with van der Waals surface area (Å²) in [7, 11) is 0. The molecule has 0 aromatic heterocycles. The molecule has 0 aliphatic carbocycles. The summed E-state index contributed by atoms with van der Waals surface area (Å²) >= 11 is 11.5. The molecule has 0 heterocycles. The number of carbonyl (C=O) groups excluding carboxylic acids is 1. The molecule has 2 aromatic rings. The Bertz CT molecular complexity index is 712. The van der Waals surface area contributed by atoms with Gasteiger partial charge >= 0.3 is 5.97 Å². The maximum atomic E-state index is 12.3. The highest BCUT2D eigenvalue weighted by molar-refractivity contribution is 6.35. The van der Waals surface area contributed by atoms with Crippen LogP contribution in [0.2, 0.25) is 5.02 Å². The first-order chi connectivity index (χ1) is 10.4. The van der Waals surface area contributed by atoms with Gasteiger partial charge in [0.1, 0.15) is 11.5 Å². The van der Waals surface area contributed by atoms with E-state index in [4.69, 9.17) is 33.0 Å². The molecule has 22 heavy (non-hydrogen) atoms. The topological polar surface area (TPSA) is 83.8 Å².